The fourth-order valence-corrected chi connectivity index (χ4v) is 5.73. The van der Waals surface area contributed by atoms with Gasteiger partial charge in [0.2, 0.25) is 10.0 Å². The molecule has 0 amide bonds. The number of pyridine rings is 1. The van der Waals surface area contributed by atoms with Crippen molar-refractivity contribution in [1.29, 1.82) is 0 Å². The van der Waals surface area contributed by atoms with E-state index in [4.69, 9.17) is 17.6 Å². The Labute approximate surface area is 210 Å². The Hall–Kier alpha value is -3.75. The van der Waals surface area contributed by atoms with E-state index >= 15 is 0 Å². The van der Waals surface area contributed by atoms with Crippen molar-refractivity contribution in [3.63, 3.8) is 0 Å². The molecule has 8 nitrogen and oxygen atoms in total. The van der Waals surface area contributed by atoms with Gasteiger partial charge in [-0.3, -0.25) is 14.2 Å². The maximum Gasteiger partial charge on any atom is 0.229 e. The molecule has 0 spiro atoms. The Kier molecular flexibility index (Phi) is 5.32. The molecule has 6 aromatic rings. The Bertz CT molecular complexity index is 1890. The third kappa shape index (κ3) is 4.02. The van der Waals surface area contributed by atoms with Crippen LogP contribution in [0.3, 0.4) is 0 Å². The van der Waals surface area contributed by atoms with Crippen molar-refractivity contribution in [3.05, 3.63) is 73.1 Å². The quantitative estimate of drug-likeness (QED) is 0.247. The van der Waals surface area contributed by atoms with Crippen LogP contribution < -0.4 is 4.72 Å². The zero-order valence-electron chi connectivity index (χ0n) is 19.5. The second-order valence-electron chi connectivity index (χ2n) is 8.64. The summed E-state index contributed by atoms with van der Waals surface area (Å²) >= 11 is 0. The van der Waals surface area contributed by atoms with E-state index in [-0.39, 0.29) is 0 Å². The number of H-pyrrole nitrogens is 1. The molecule has 0 saturated carbocycles. The number of hydrogen-bond donors (Lipinski definition) is 2. The smallest absolute Gasteiger partial charge is 0.229 e. The summed E-state index contributed by atoms with van der Waals surface area (Å²) in [6.07, 6.45) is 4.86. The van der Waals surface area contributed by atoms with Crippen LogP contribution in [0.5, 0.6) is 0 Å². The average Bonchev–Trinajstić information content (AvgIpc) is 3.43. The van der Waals surface area contributed by atoms with Crippen LogP contribution in [-0.2, 0) is 10.0 Å². The summed E-state index contributed by atoms with van der Waals surface area (Å²) in [4.78, 5) is 12.5. The van der Waals surface area contributed by atoms with E-state index in [9.17, 15) is 8.42 Å². The number of aromatic amines is 1. The number of nitrogens with one attached hydrogen (secondary N) is 2. The minimum absolute atomic E-state index is 0.459. The number of fused-ring (bicyclic) bond motifs is 3. The maximum atomic E-state index is 11.6. The van der Waals surface area contributed by atoms with Crippen LogP contribution in [-0.4, -0.2) is 53.4 Å². The molecule has 176 valence electrons. The highest BCUT2D eigenvalue weighted by atomic mass is 32.2. The minimum atomic E-state index is -3.39. The van der Waals surface area contributed by atoms with Crippen molar-refractivity contribution < 1.29 is 8.42 Å². The van der Waals surface area contributed by atoms with Gasteiger partial charge in [-0.25, -0.2) is 13.4 Å². The van der Waals surface area contributed by atoms with Crippen molar-refractivity contribution in [3.8, 4) is 22.6 Å². The van der Waals surface area contributed by atoms with Gasteiger partial charge in [0.1, 0.15) is 13.3 Å². The van der Waals surface area contributed by atoms with Gasteiger partial charge in [0, 0.05) is 28.7 Å². The molecule has 2 radical (unpaired) electrons. The fourth-order valence-electron chi connectivity index (χ4n) is 4.43. The van der Waals surface area contributed by atoms with E-state index < -0.39 is 18.0 Å². The van der Waals surface area contributed by atoms with Crippen molar-refractivity contribution in [2.45, 2.75) is 0 Å². The number of hydrogen-bond acceptors (Lipinski definition) is 5. The summed E-state index contributed by atoms with van der Waals surface area (Å²) in [5.41, 5.74) is 5.49. The van der Waals surface area contributed by atoms with Crippen LogP contribution in [0.1, 0.15) is 0 Å². The Morgan fingerprint density at radius 2 is 1.86 bits per heavy atom. The number of nitrogens with zero attached hydrogens (tertiary/aromatic N) is 4. The molecule has 1 unspecified atom stereocenters. The molecule has 0 saturated heterocycles. The Balaban J connectivity index is 1.54. The Morgan fingerprint density at radius 1 is 1.03 bits per heavy atom. The summed E-state index contributed by atoms with van der Waals surface area (Å²) < 4.78 is 27.6. The summed E-state index contributed by atoms with van der Waals surface area (Å²) in [7, 11) is 1.89. The highest BCUT2D eigenvalue weighted by molar-refractivity contribution is 7.92. The zero-order chi connectivity index (χ0) is 25.0. The van der Waals surface area contributed by atoms with Crippen LogP contribution in [0.25, 0.3) is 55.4 Å². The lowest BCUT2D eigenvalue weighted by atomic mass is 9.99. The molecule has 1 atom stereocenters. The second kappa shape index (κ2) is 8.43. The fraction of sp³-hybridized carbons (Fsp3) is 0.0800. The van der Waals surface area contributed by atoms with E-state index in [1.807, 2.05) is 47.8 Å². The molecule has 0 fully saturated rings. The van der Waals surface area contributed by atoms with E-state index in [0.29, 0.717) is 28.2 Å². The van der Waals surface area contributed by atoms with E-state index in [1.54, 1.807) is 18.2 Å². The number of anilines is 1. The van der Waals surface area contributed by atoms with Gasteiger partial charge >= 0.3 is 0 Å². The first-order valence-corrected chi connectivity index (χ1v) is 14.8. The molecule has 0 bridgehead atoms. The van der Waals surface area contributed by atoms with Crippen molar-refractivity contribution in [1.82, 2.24) is 24.5 Å². The van der Waals surface area contributed by atoms with Crippen LogP contribution >= 0.6 is 7.95 Å². The second-order valence-corrected chi connectivity index (χ2v) is 11.9. The average molecular weight is 510 g/mol. The van der Waals surface area contributed by atoms with Crippen molar-refractivity contribution in [2.24, 2.45) is 0 Å². The summed E-state index contributed by atoms with van der Waals surface area (Å²) in [5, 5.41) is 7.93. The molecule has 0 aliphatic heterocycles. The third-order valence-electron chi connectivity index (χ3n) is 5.95. The minimum Gasteiger partial charge on any atom is -0.337 e. The predicted octanol–water partition coefficient (Wildman–Crippen LogP) is 5.12. The highest BCUT2D eigenvalue weighted by Gasteiger charge is 2.19. The summed E-state index contributed by atoms with van der Waals surface area (Å²) in [6.45, 7) is 1.94. The van der Waals surface area contributed by atoms with Gasteiger partial charge in [-0.05, 0) is 55.9 Å². The number of sulfonamides is 1. The third-order valence-corrected chi connectivity index (χ3v) is 7.46. The van der Waals surface area contributed by atoms with Crippen molar-refractivity contribution in [2.75, 3.05) is 17.6 Å². The molecule has 3 aromatic carbocycles. The van der Waals surface area contributed by atoms with Gasteiger partial charge in [0.25, 0.3) is 0 Å². The van der Waals surface area contributed by atoms with E-state index in [0.717, 1.165) is 39.1 Å². The standard InChI is InChI=1S/C25H20BN6O2PS/c1-35(26)32-23-10-7-15(20-14-27-13-16-5-3-4-6-18(16)20)11-19(23)24(30-32)25-28-21-9-8-17(12-22(21)29-25)31-36(2,33)34/h3-14,31H,1-2H3,(H,28,29). The normalized spacial score (nSPS) is 12.9. The van der Waals surface area contributed by atoms with Gasteiger partial charge < -0.3 is 4.98 Å². The lowest BCUT2D eigenvalue weighted by Crippen LogP contribution is -2.09. The molecule has 11 heteroatoms. The van der Waals surface area contributed by atoms with Crippen LogP contribution in [0.15, 0.2) is 73.1 Å². The topological polar surface area (TPSA) is 106 Å². The lowest BCUT2D eigenvalue weighted by Gasteiger charge is -2.09. The lowest BCUT2D eigenvalue weighted by molar-refractivity contribution is 0.607. The van der Waals surface area contributed by atoms with Crippen LogP contribution in [0.4, 0.5) is 5.69 Å². The molecular weight excluding hydrogens is 490 g/mol. The van der Waals surface area contributed by atoms with Crippen molar-refractivity contribution >= 4 is 63.9 Å². The molecule has 3 heterocycles. The predicted molar refractivity (Wildman–Crippen MR) is 148 cm³/mol. The van der Waals surface area contributed by atoms with Gasteiger partial charge in [-0.15, -0.1) is 0 Å². The summed E-state index contributed by atoms with van der Waals surface area (Å²) in [5.74, 6) is 0.579. The van der Waals surface area contributed by atoms with Gasteiger partial charge in [-0.1, -0.05) is 30.3 Å². The first-order valence-electron chi connectivity index (χ1n) is 11.1. The molecule has 36 heavy (non-hydrogen) atoms. The maximum absolute atomic E-state index is 11.6. The number of benzene rings is 3. The van der Waals surface area contributed by atoms with E-state index in [1.165, 1.54) is 0 Å². The van der Waals surface area contributed by atoms with Gasteiger partial charge in [-0.2, -0.15) is 5.10 Å². The first kappa shape index (κ1) is 22.7. The zero-order valence-corrected chi connectivity index (χ0v) is 21.2. The van der Waals surface area contributed by atoms with Crippen LogP contribution in [0, 0.1) is 0 Å². The highest BCUT2D eigenvalue weighted by Crippen LogP contribution is 2.39. The number of aromatic nitrogens is 5. The number of rotatable bonds is 5. The molecule has 0 aliphatic rings. The molecular formula is C25H20BN6O2PS. The van der Waals surface area contributed by atoms with Gasteiger partial charge in [0.05, 0.1) is 28.5 Å². The summed E-state index contributed by atoms with van der Waals surface area (Å²) in [6, 6.07) is 19.5. The molecule has 2 N–H and O–H groups in total. The molecule has 6 rings (SSSR count). The van der Waals surface area contributed by atoms with Crippen LogP contribution in [0.2, 0.25) is 0 Å². The largest absolute Gasteiger partial charge is 0.337 e. The first-order chi connectivity index (χ1) is 17.3. The number of imidazole rings is 1. The monoisotopic (exact) mass is 510 g/mol. The van der Waals surface area contributed by atoms with Gasteiger partial charge in [0.15, 0.2) is 5.82 Å². The molecule has 0 aliphatic carbocycles. The SMILES string of the molecule is [B]P(C)n1nc(-c2nc3ccc(NS(C)(=O)=O)cc3[nH]2)c2cc(-c3cncc4ccccc34)ccc21. The van der Waals surface area contributed by atoms with E-state index in [2.05, 4.69) is 32.9 Å². The molecule has 3 aromatic heterocycles. The Morgan fingerprint density at radius 3 is 2.67 bits per heavy atom.